The first kappa shape index (κ1) is 17.5. The highest BCUT2D eigenvalue weighted by Gasteiger charge is 2.24. The molecule has 0 spiro atoms. The van der Waals surface area contributed by atoms with Crippen LogP contribution >= 0.6 is 0 Å². The number of anilines is 1. The quantitative estimate of drug-likeness (QED) is 0.897. The molecule has 1 saturated heterocycles. The average molecular weight is 337 g/mol. The molecule has 1 aromatic heterocycles. The molecule has 0 atom stereocenters. The van der Waals surface area contributed by atoms with Crippen LogP contribution in [0, 0.1) is 5.92 Å². The molecule has 4 nitrogen and oxygen atoms in total. The van der Waals surface area contributed by atoms with E-state index in [2.05, 4.69) is 54.5 Å². The predicted molar refractivity (Wildman–Crippen MR) is 102 cm³/mol. The molecule has 0 aliphatic carbocycles. The number of carbonyl (C=O) groups is 1. The van der Waals surface area contributed by atoms with Crippen molar-refractivity contribution in [2.24, 2.45) is 5.92 Å². The molecule has 1 fully saturated rings. The maximum absolute atomic E-state index is 12.7. The summed E-state index contributed by atoms with van der Waals surface area (Å²) in [6.07, 6.45) is 3.23. The fourth-order valence-electron chi connectivity index (χ4n) is 3.38. The number of rotatable bonds is 5. The molecule has 0 unspecified atom stereocenters. The van der Waals surface area contributed by atoms with E-state index < -0.39 is 0 Å². The first-order valence-electron chi connectivity index (χ1n) is 9.18. The number of hydrogen-bond donors (Lipinski definition) is 1. The van der Waals surface area contributed by atoms with Gasteiger partial charge in [0.2, 0.25) is 0 Å². The maximum atomic E-state index is 12.7. The van der Waals surface area contributed by atoms with Gasteiger partial charge in [-0.15, -0.1) is 0 Å². The number of nitrogens with zero attached hydrogens (tertiary/aromatic N) is 2. The molecule has 1 amide bonds. The number of amides is 1. The second-order valence-corrected chi connectivity index (χ2v) is 7.13. The van der Waals surface area contributed by atoms with Crippen molar-refractivity contribution >= 4 is 11.7 Å². The number of benzene rings is 1. The monoisotopic (exact) mass is 337 g/mol. The zero-order chi connectivity index (χ0) is 17.6. The molecule has 0 radical (unpaired) electrons. The summed E-state index contributed by atoms with van der Waals surface area (Å²) in [5.74, 6) is 1.47. The van der Waals surface area contributed by atoms with Crippen LogP contribution in [0.1, 0.15) is 42.7 Å². The standard InChI is InChI=1S/C21H27N3O/c1-16(2)22-20-10-6-9-19(23-20)21(25)24-13-11-18(12-14-24)15-17-7-4-3-5-8-17/h3-10,16,18H,11-15H2,1-2H3,(H,22,23). The molecule has 2 aromatic rings. The number of nitrogens with one attached hydrogen (secondary N) is 1. The summed E-state index contributed by atoms with van der Waals surface area (Å²) in [4.78, 5) is 19.2. The van der Waals surface area contributed by atoms with Crippen molar-refractivity contribution in [3.63, 3.8) is 0 Å². The van der Waals surface area contributed by atoms with Gasteiger partial charge in [0.1, 0.15) is 11.5 Å². The zero-order valence-electron chi connectivity index (χ0n) is 15.1. The highest BCUT2D eigenvalue weighted by atomic mass is 16.2. The van der Waals surface area contributed by atoms with E-state index in [-0.39, 0.29) is 5.91 Å². The molecule has 4 heteroatoms. The van der Waals surface area contributed by atoms with Gasteiger partial charge < -0.3 is 10.2 Å². The zero-order valence-corrected chi connectivity index (χ0v) is 15.1. The highest BCUT2D eigenvalue weighted by Crippen LogP contribution is 2.22. The SMILES string of the molecule is CC(C)Nc1cccc(C(=O)N2CCC(Cc3ccccc3)CC2)n1. The van der Waals surface area contributed by atoms with Gasteiger partial charge >= 0.3 is 0 Å². The number of likely N-dealkylation sites (tertiary alicyclic amines) is 1. The summed E-state index contributed by atoms with van der Waals surface area (Å²) >= 11 is 0. The summed E-state index contributed by atoms with van der Waals surface area (Å²) in [5.41, 5.74) is 1.92. The molecule has 1 aromatic carbocycles. The summed E-state index contributed by atoms with van der Waals surface area (Å²) in [5, 5.41) is 3.26. The molecule has 3 rings (SSSR count). The van der Waals surface area contributed by atoms with Crippen molar-refractivity contribution in [1.29, 1.82) is 0 Å². The molecule has 25 heavy (non-hydrogen) atoms. The van der Waals surface area contributed by atoms with Crippen LogP contribution in [0.25, 0.3) is 0 Å². The minimum atomic E-state index is 0.0468. The van der Waals surface area contributed by atoms with Crippen LogP contribution in [-0.4, -0.2) is 34.9 Å². The van der Waals surface area contributed by atoms with E-state index in [1.54, 1.807) is 0 Å². The van der Waals surface area contributed by atoms with Crippen LogP contribution in [0.3, 0.4) is 0 Å². The van der Waals surface area contributed by atoms with Gasteiger partial charge in [0, 0.05) is 19.1 Å². The van der Waals surface area contributed by atoms with Gasteiger partial charge in [0.15, 0.2) is 0 Å². The molecule has 0 bridgehead atoms. The van der Waals surface area contributed by atoms with Gasteiger partial charge in [-0.3, -0.25) is 4.79 Å². The number of hydrogen-bond acceptors (Lipinski definition) is 3. The smallest absolute Gasteiger partial charge is 0.272 e. The predicted octanol–water partition coefficient (Wildman–Crippen LogP) is 4.00. The van der Waals surface area contributed by atoms with E-state index in [0.29, 0.717) is 17.7 Å². The third kappa shape index (κ3) is 4.81. The largest absolute Gasteiger partial charge is 0.368 e. The minimum Gasteiger partial charge on any atom is -0.368 e. The van der Waals surface area contributed by atoms with E-state index in [0.717, 1.165) is 38.2 Å². The Balaban J connectivity index is 1.56. The van der Waals surface area contributed by atoms with Crippen molar-refractivity contribution in [3.05, 3.63) is 59.8 Å². The number of aromatic nitrogens is 1. The molecule has 1 N–H and O–H groups in total. The fraction of sp³-hybridized carbons (Fsp3) is 0.429. The van der Waals surface area contributed by atoms with Crippen molar-refractivity contribution in [2.75, 3.05) is 18.4 Å². The van der Waals surface area contributed by atoms with E-state index in [1.165, 1.54) is 5.56 Å². The number of piperidine rings is 1. The Bertz CT molecular complexity index is 691. The van der Waals surface area contributed by atoms with Gasteiger partial charge in [-0.2, -0.15) is 0 Å². The first-order chi connectivity index (χ1) is 12.1. The Kier molecular flexibility index (Phi) is 5.69. The molecule has 1 aliphatic heterocycles. The number of carbonyl (C=O) groups excluding carboxylic acids is 1. The topological polar surface area (TPSA) is 45.2 Å². The lowest BCUT2D eigenvalue weighted by Crippen LogP contribution is -2.39. The average Bonchev–Trinajstić information content (AvgIpc) is 2.62. The Labute approximate surface area is 150 Å². The normalized spacial score (nSPS) is 15.4. The van der Waals surface area contributed by atoms with E-state index in [9.17, 15) is 4.79 Å². The lowest BCUT2D eigenvalue weighted by atomic mass is 9.90. The number of pyridine rings is 1. The van der Waals surface area contributed by atoms with Gasteiger partial charge in [0.05, 0.1) is 0 Å². The van der Waals surface area contributed by atoms with Gasteiger partial charge in [0.25, 0.3) is 5.91 Å². The molecule has 2 heterocycles. The van der Waals surface area contributed by atoms with E-state index in [1.807, 2.05) is 23.1 Å². The summed E-state index contributed by atoms with van der Waals surface area (Å²) < 4.78 is 0. The lowest BCUT2D eigenvalue weighted by molar-refractivity contribution is 0.0684. The maximum Gasteiger partial charge on any atom is 0.272 e. The Morgan fingerprint density at radius 2 is 1.84 bits per heavy atom. The molecule has 0 saturated carbocycles. The van der Waals surface area contributed by atoms with Crippen LogP contribution < -0.4 is 5.32 Å². The van der Waals surface area contributed by atoms with Crippen molar-refractivity contribution in [2.45, 2.75) is 39.2 Å². The van der Waals surface area contributed by atoms with Crippen molar-refractivity contribution in [1.82, 2.24) is 9.88 Å². The second-order valence-electron chi connectivity index (χ2n) is 7.13. The first-order valence-corrected chi connectivity index (χ1v) is 9.18. The van der Waals surface area contributed by atoms with Crippen LogP contribution in [0.2, 0.25) is 0 Å². The Hall–Kier alpha value is -2.36. The lowest BCUT2D eigenvalue weighted by Gasteiger charge is -2.32. The molecule has 132 valence electrons. The van der Waals surface area contributed by atoms with Gasteiger partial charge in [-0.05, 0) is 56.7 Å². The highest BCUT2D eigenvalue weighted by molar-refractivity contribution is 5.92. The fourth-order valence-corrected chi connectivity index (χ4v) is 3.38. The third-order valence-electron chi connectivity index (χ3n) is 4.67. The van der Waals surface area contributed by atoms with Gasteiger partial charge in [-0.1, -0.05) is 36.4 Å². The van der Waals surface area contributed by atoms with Crippen LogP contribution in [0.5, 0.6) is 0 Å². The van der Waals surface area contributed by atoms with Crippen molar-refractivity contribution in [3.8, 4) is 0 Å². The van der Waals surface area contributed by atoms with E-state index >= 15 is 0 Å². The Morgan fingerprint density at radius 1 is 1.12 bits per heavy atom. The van der Waals surface area contributed by atoms with Crippen LogP contribution in [0.15, 0.2) is 48.5 Å². The van der Waals surface area contributed by atoms with Crippen molar-refractivity contribution < 1.29 is 4.79 Å². The summed E-state index contributed by atoms with van der Waals surface area (Å²) in [7, 11) is 0. The third-order valence-corrected chi connectivity index (χ3v) is 4.67. The molecule has 1 aliphatic rings. The van der Waals surface area contributed by atoms with Gasteiger partial charge in [-0.25, -0.2) is 4.98 Å². The second kappa shape index (κ2) is 8.15. The van der Waals surface area contributed by atoms with Crippen LogP contribution in [0.4, 0.5) is 5.82 Å². The summed E-state index contributed by atoms with van der Waals surface area (Å²) in [6, 6.07) is 16.5. The summed E-state index contributed by atoms with van der Waals surface area (Å²) in [6.45, 7) is 5.76. The Morgan fingerprint density at radius 3 is 2.52 bits per heavy atom. The molecular weight excluding hydrogens is 310 g/mol. The minimum absolute atomic E-state index is 0.0468. The van der Waals surface area contributed by atoms with Crippen LogP contribution in [-0.2, 0) is 6.42 Å². The van der Waals surface area contributed by atoms with E-state index in [4.69, 9.17) is 0 Å². The molecular formula is C21H27N3O.